The molecule has 0 aliphatic carbocycles. The number of pyridine rings is 1. The van der Waals surface area contributed by atoms with Gasteiger partial charge >= 0.3 is 0 Å². The fraction of sp³-hybridized carbons (Fsp3) is 0.238. The van der Waals surface area contributed by atoms with Gasteiger partial charge in [0.2, 0.25) is 5.95 Å². The molecule has 1 aliphatic heterocycles. The van der Waals surface area contributed by atoms with E-state index in [0.29, 0.717) is 23.4 Å². The van der Waals surface area contributed by atoms with Crippen molar-refractivity contribution < 1.29 is 4.74 Å². The van der Waals surface area contributed by atoms with Crippen molar-refractivity contribution in [3.05, 3.63) is 54.6 Å². The summed E-state index contributed by atoms with van der Waals surface area (Å²) in [5, 5.41) is 8.22. The highest BCUT2D eigenvalue weighted by Crippen LogP contribution is 2.29. The second kappa shape index (κ2) is 9.20. The lowest BCUT2D eigenvalue weighted by molar-refractivity contribution is 0.123. The first-order valence-electron chi connectivity index (χ1n) is 10.2. The van der Waals surface area contributed by atoms with Crippen LogP contribution in [0.15, 0.2) is 48.9 Å². The summed E-state index contributed by atoms with van der Waals surface area (Å²) in [6.45, 7) is 5.16. The zero-order chi connectivity index (χ0) is 21.8. The van der Waals surface area contributed by atoms with Crippen LogP contribution in [0.2, 0.25) is 0 Å². The van der Waals surface area contributed by atoms with Gasteiger partial charge in [0.15, 0.2) is 11.0 Å². The minimum absolute atomic E-state index is 0.451. The molecule has 4 aromatic rings. The molecule has 10 nitrogen and oxygen atoms in total. The molecule has 0 spiro atoms. The quantitative estimate of drug-likeness (QED) is 0.456. The maximum absolute atomic E-state index is 5.41. The molecule has 0 bridgehead atoms. The first kappa shape index (κ1) is 20.2. The first-order chi connectivity index (χ1) is 15.7. The molecule has 5 heterocycles. The lowest BCUT2D eigenvalue weighted by atomic mass is 10.3. The Morgan fingerprint density at radius 1 is 0.906 bits per heavy atom. The second-order valence-corrected chi connectivity index (χ2v) is 8.06. The van der Waals surface area contributed by atoms with Gasteiger partial charge in [-0.3, -0.25) is 5.32 Å². The molecule has 32 heavy (non-hydrogen) atoms. The van der Waals surface area contributed by atoms with Crippen LogP contribution in [0.1, 0.15) is 5.69 Å². The molecular formula is C21H21N9OS. The summed E-state index contributed by atoms with van der Waals surface area (Å²) >= 11 is 1.56. The predicted octanol–water partition coefficient (Wildman–Crippen LogP) is 3.42. The Hall–Kier alpha value is -3.70. The number of hydrogen-bond acceptors (Lipinski definition) is 11. The van der Waals surface area contributed by atoms with Gasteiger partial charge in [-0.25, -0.2) is 24.9 Å². The first-order valence-corrected chi connectivity index (χ1v) is 11.0. The van der Waals surface area contributed by atoms with Crippen molar-refractivity contribution in [2.24, 2.45) is 0 Å². The number of rotatable bonds is 6. The van der Waals surface area contributed by atoms with Gasteiger partial charge in [-0.05, 0) is 31.2 Å². The van der Waals surface area contributed by atoms with E-state index in [0.717, 1.165) is 47.8 Å². The lowest BCUT2D eigenvalue weighted by Gasteiger charge is -2.26. The summed E-state index contributed by atoms with van der Waals surface area (Å²) < 4.78 is 5.41. The van der Waals surface area contributed by atoms with E-state index < -0.39 is 0 Å². The third-order valence-corrected chi connectivity index (χ3v) is 5.69. The topological polar surface area (TPSA) is 114 Å². The monoisotopic (exact) mass is 447 g/mol. The zero-order valence-electron chi connectivity index (χ0n) is 17.4. The van der Waals surface area contributed by atoms with Crippen LogP contribution in [0.3, 0.4) is 0 Å². The van der Waals surface area contributed by atoms with Crippen molar-refractivity contribution in [3.63, 3.8) is 0 Å². The van der Waals surface area contributed by atoms with Crippen molar-refractivity contribution in [2.45, 2.75) is 6.92 Å². The highest BCUT2D eigenvalue weighted by molar-refractivity contribution is 7.19. The molecule has 2 N–H and O–H groups in total. The molecule has 1 aliphatic rings. The minimum atomic E-state index is 0.451. The van der Waals surface area contributed by atoms with Crippen molar-refractivity contribution >= 4 is 39.1 Å². The maximum atomic E-state index is 5.41. The van der Waals surface area contributed by atoms with E-state index in [1.54, 1.807) is 35.9 Å². The van der Waals surface area contributed by atoms with Crippen LogP contribution in [-0.4, -0.2) is 56.2 Å². The normalized spacial score (nSPS) is 13.7. The lowest BCUT2D eigenvalue weighted by Crippen LogP contribution is -2.35. The van der Waals surface area contributed by atoms with Crippen molar-refractivity contribution in [1.82, 2.24) is 29.9 Å². The van der Waals surface area contributed by atoms with E-state index in [1.165, 1.54) is 0 Å². The van der Waals surface area contributed by atoms with Gasteiger partial charge in [0.25, 0.3) is 0 Å². The van der Waals surface area contributed by atoms with Crippen molar-refractivity contribution in [1.29, 1.82) is 0 Å². The third kappa shape index (κ3) is 4.79. The fourth-order valence-corrected chi connectivity index (χ4v) is 4.05. The number of hydrogen-bond donors (Lipinski definition) is 2. The van der Waals surface area contributed by atoms with Gasteiger partial charge in [0, 0.05) is 31.2 Å². The van der Waals surface area contributed by atoms with E-state index in [4.69, 9.17) is 4.74 Å². The summed E-state index contributed by atoms with van der Waals surface area (Å²) in [4.78, 5) is 28.9. The molecule has 0 unspecified atom stereocenters. The fourth-order valence-electron chi connectivity index (χ4n) is 3.19. The molecule has 0 amide bonds. The Balaban J connectivity index is 1.29. The Morgan fingerprint density at radius 2 is 1.72 bits per heavy atom. The van der Waals surface area contributed by atoms with Gasteiger partial charge in [0.05, 0.1) is 19.4 Å². The van der Waals surface area contributed by atoms with Gasteiger partial charge in [0.1, 0.15) is 22.3 Å². The number of morpholine rings is 1. The maximum Gasteiger partial charge on any atom is 0.230 e. The van der Waals surface area contributed by atoms with E-state index in [2.05, 4.69) is 45.4 Å². The second-order valence-electron chi connectivity index (χ2n) is 7.05. The summed E-state index contributed by atoms with van der Waals surface area (Å²) in [5.41, 5.74) is 1.63. The molecule has 11 heteroatoms. The average molecular weight is 448 g/mol. The number of aryl methyl sites for hydroxylation is 1. The van der Waals surface area contributed by atoms with E-state index in [9.17, 15) is 0 Å². The van der Waals surface area contributed by atoms with Crippen LogP contribution in [0.4, 0.5) is 27.7 Å². The highest BCUT2D eigenvalue weighted by atomic mass is 32.1. The average Bonchev–Trinajstić information content (AvgIpc) is 3.29. The molecule has 0 saturated carbocycles. The Kier molecular flexibility index (Phi) is 5.81. The number of nitrogens with one attached hydrogen (secondary N) is 2. The van der Waals surface area contributed by atoms with E-state index >= 15 is 0 Å². The number of thiazole rings is 1. The molecule has 4 aromatic heterocycles. The number of anilines is 5. The minimum Gasteiger partial charge on any atom is -0.378 e. The molecule has 162 valence electrons. The molecule has 5 rings (SSSR count). The summed E-state index contributed by atoms with van der Waals surface area (Å²) in [6, 6.07) is 9.32. The summed E-state index contributed by atoms with van der Waals surface area (Å²) in [5.74, 6) is 2.22. The number of nitrogens with zero attached hydrogens (tertiary/aromatic N) is 7. The largest absolute Gasteiger partial charge is 0.378 e. The smallest absolute Gasteiger partial charge is 0.230 e. The van der Waals surface area contributed by atoms with Crippen LogP contribution in [0.5, 0.6) is 0 Å². The predicted molar refractivity (Wildman–Crippen MR) is 124 cm³/mol. The molecule has 0 atom stereocenters. The summed E-state index contributed by atoms with van der Waals surface area (Å²) in [6.07, 6.45) is 5.23. The van der Waals surface area contributed by atoms with Gasteiger partial charge in [-0.2, -0.15) is 4.98 Å². The molecule has 1 saturated heterocycles. The SMILES string of the molecule is Cc1cccc(-c2nccc(Nc3ccnc(Nc4ncc(N5CCOCC5)s4)n3)n2)n1. The third-order valence-electron chi connectivity index (χ3n) is 4.72. The summed E-state index contributed by atoms with van der Waals surface area (Å²) in [7, 11) is 0. The Labute approximate surface area is 188 Å². The van der Waals surface area contributed by atoms with E-state index in [1.807, 2.05) is 31.3 Å². The van der Waals surface area contributed by atoms with Crippen LogP contribution >= 0.6 is 11.3 Å². The van der Waals surface area contributed by atoms with Crippen LogP contribution in [0, 0.1) is 6.92 Å². The molecular weight excluding hydrogens is 426 g/mol. The number of ether oxygens (including phenoxy) is 1. The van der Waals surface area contributed by atoms with Crippen molar-refractivity contribution in [3.8, 4) is 11.5 Å². The van der Waals surface area contributed by atoms with Gasteiger partial charge < -0.3 is 15.0 Å². The standard InChI is InChI=1S/C21H21N9OS/c1-14-3-2-4-15(25-14)19-22-7-5-16(27-19)26-17-6-8-23-20(28-17)29-21-24-13-18(32-21)30-9-11-31-12-10-30/h2-8,13H,9-12H2,1H3,(H2,22,23,24,26,27,28,29). The van der Waals surface area contributed by atoms with Gasteiger partial charge in [-0.15, -0.1) is 0 Å². The van der Waals surface area contributed by atoms with Crippen LogP contribution in [0.25, 0.3) is 11.5 Å². The Bertz CT molecular complexity index is 1210. The molecule has 0 aromatic carbocycles. The van der Waals surface area contributed by atoms with Gasteiger partial charge in [-0.1, -0.05) is 17.4 Å². The zero-order valence-corrected chi connectivity index (χ0v) is 18.2. The van der Waals surface area contributed by atoms with Crippen LogP contribution in [-0.2, 0) is 4.74 Å². The van der Waals surface area contributed by atoms with E-state index in [-0.39, 0.29) is 0 Å². The van der Waals surface area contributed by atoms with Crippen molar-refractivity contribution in [2.75, 3.05) is 41.8 Å². The number of aromatic nitrogens is 6. The highest BCUT2D eigenvalue weighted by Gasteiger charge is 2.14. The Morgan fingerprint density at radius 3 is 2.56 bits per heavy atom. The van der Waals surface area contributed by atoms with Crippen LogP contribution < -0.4 is 15.5 Å². The molecule has 0 radical (unpaired) electrons. The molecule has 1 fully saturated rings.